The van der Waals surface area contributed by atoms with Crippen molar-refractivity contribution in [3.63, 3.8) is 0 Å². The number of carbonyl (C=O) groups excluding carboxylic acids is 1. The van der Waals surface area contributed by atoms with E-state index in [9.17, 15) is 4.79 Å². The fourth-order valence-corrected chi connectivity index (χ4v) is 6.04. The number of hydrogen-bond donors (Lipinski definition) is 3. The van der Waals surface area contributed by atoms with E-state index >= 15 is 0 Å². The molecule has 30 heavy (non-hydrogen) atoms. The zero-order chi connectivity index (χ0) is 20.2. The summed E-state index contributed by atoms with van der Waals surface area (Å²) < 4.78 is 1.12. The van der Waals surface area contributed by atoms with Crippen LogP contribution in [-0.2, 0) is 0 Å². The van der Waals surface area contributed by atoms with Gasteiger partial charge < -0.3 is 16.0 Å². The summed E-state index contributed by atoms with van der Waals surface area (Å²) in [6, 6.07) is 8.97. The molecule has 3 N–H and O–H groups in total. The highest BCUT2D eigenvalue weighted by Crippen LogP contribution is 2.41. The van der Waals surface area contributed by atoms with Crippen LogP contribution < -0.4 is 16.0 Å². The average Bonchev–Trinajstić information content (AvgIpc) is 2.99. The summed E-state index contributed by atoms with van der Waals surface area (Å²) >= 11 is 1.55. The Hall–Kier alpha value is -2.70. The number of amides is 1. The van der Waals surface area contributed by atoms with E-state index in [2.05, 4.69) is 58.4 Å². The van der Waals surface area contributed by atoms with Crippen LogP contribution in [0.25, 0.3) is 26.6 Å². The molecule has 0 saturated carbocycles. The van der Waals surface area contributed by atoms with Crippen LogP contribution in [0.1, 0.15) is 35.1 Å². The van der Waals surface area contributed by atoms with Crippen molar-refractivity contribution in [1.29, 1.82) is 0 Å². The number of nitrogens with zero attached hydrogens (tertiary/aromatic N) is 1. The van der Waals surface area contributed by atoms with Gasteiger partial charge in [0.1, 0.15) is 4.88 Å². The monoisotopic (exact) mass is 416 g/mol. The van der Waals surface area contributed by atoms with Crippen LogP contribution in [-0.4, -0.2) is 36.1 Å². The van der Waals surface area contributed by atoms with Crippen LogP contribution in [0.3, 0.4) is 0 Å². The molecule has 1 saturated heterocycles. The maximum absolute atomic E-state index is 12.6. The lowest BCUT2D eigenvalue weighted by atomic mass is 9.89. The summed E-state index contributed by atoms with van der Waals surface area (Å²) in [6.07, 6.45) is 9.10. The molecule has 2 unspecified atom stereocenters. The second-order valence-electron chi connectivity index (χ2n) is 8.56. The van der Waals surface area contributed by atoms with Crippen LogP contribution in [0, 0.1) is 5.92 Å². The second kappa shape index (κ2) is 6.93. The molecule has 1 aromatic carbocycles. The third-order valence-corrected chi connectivity index (χ3v) is 7.62. The Balaban J connectivity index is 1.48. The third-order valence-electron chi connectivity index (χ3n) is 6.47. The molecule has 2 aromatic heterocycles. The molecule has 0 spiro atoms. The van der Waals surface area contributed by atoms with E-state index in [1.165, 1.54) is 12.0 Å². The van der Waals surface area contributed by atoms with Crippen molar-refractivity contribution >= 4 is 49.5 Å². The molecule has 4 heterocycles. The molecule has 152 valence electrons. The highest BCUT2D eigenvalue weighted by atomic mass is 32.1. The first-order valence-corrected chi connectivity index (χ1v) is 11.5. The zero-order valence-electron chi connectivity index (χ0n) is 16.9. The van der Waals surface area contributed by atoms with Gasteiger partial charge in [0.05, 0.1) is 16.9 Å². The Morgan fingerprint density at radius 3 is 3.07 bits per heavy atom. The molecular weight excluding hydrogens is 392 g/mol. The smallest absolute Gasteiger partial charge is 0.263 e. The lowest BCUT2D eigenvalue weighted by molar-refractivity contribution is 0.0949. The number of anilines is 1. The Labute approximate surface area is 179 Å². The summed E-state index contributed by atoms with van der Waals surface area (Å²) in [5, 5.41) is 12.4. The SMILES string of the molecule is C[C@@H]1CNc2c(sc3ccc4nc(C5=CC=CC6CCNC5C6)ccc4c23)C(=O)N1. The van der Waals surface area contributed by atoms with Crippen LogP contribution in [0.2, 0.25) is 0 Å². The van der Waals surface area contributed by atoms with E-state index in [1.54, 1.807) is 11.3 Å². The Kier molecular flexibility index (Phi) is 4.18. The quantitative estimate of drug-likeness (QED) is 0.553. The number of rotatable bonds is 1. The molecular formula is C24H24N4OS. The first-order chi connectivity index (χ1) is 14.7. The lowest BCUT2D eigenvalue weighted by Gasteiger charge is -2.29. The number of thiophene rings is 1. The summed E-state index contributed by atoms with van der Waals surface area (Å²) in [6.45, 7) is 3.80. The summed E-state index contributed by atoms with van der Waals surface area (Å²) in [4.78, 5) is 18.5. The van der Waals surface area contributed by atoms with Gasteiger partial charge in [0.15, 0.2) is 0 Å². The fraction of sp³-hybridized carbons (Fsp3) is 0.333. The number of benzene rings is 1. The van der Waals surface area contributed by atoms with E-state index in [-0.39, 0.29) is 11.9 Å². The molecule has 3 aliphatic rings. The Morgan fingerprint density at radius 2 is 2.13 bits per heavy atom. The van der Waals surface area contributed by atoms with Crippen molar-refractivity contribution in [2.24, 2.45) is 5.92 Å². The van der Waals surface area contributed by atoms with Gasteiger partial charge in [-0.3, -0.25) is 4.79 Å². The maximum atomic E-state index is 12.6. The van der Waals surface area contributed by atoms with E-state index in [0.29, 0.717) is 12.0 Å². The largest absolute Gasteiger partial charge is 0.381 e. The molecule has 1 amide bonds. The minimum atomic E-state index is 0.00903. The van der Waals surface area contributed by atoms with Gasteiger partial charge in [0.25, 0.3) is 5.91 Å². The van der Waals surface area contributed by atoms with Crippen molar-refractivity contribution < 1.29 is 4.79 Å². The summed E-state index contributed by atoms with van der Waals surface area (Å²) in [7, 11) is 0. The van der Waals surface area contributed by atoms with Gasteiger partial charge in [0.2, 0.25) is 0 Å². The molecule has 5 nitrogen and oxygen atoms in total. The van der Waals surface area contributed by atoms with Crippen LogP contribution in [0.15, 0.2) is 42.5 Å². The number of allylic oxidation sites excluding steroid dienone is 3. The average molecular weight is 417 g/mol. The third kappa shape index (κ3) is 2.86. The van der Waals surface area contributed by atoms with Gasteiger partial charge in [0, 0.05) is 34.1 Å². The van der Waals surface area contributed by atoms with E-state index in [0.717, 1.165) is 56.8 Å². The van der Waals surface area contributed by atoms with Crippen molar-refractivity contribution in [2.75, 3.05) is 18.4 Å². The number of nitrogens with one attached hydrogen (secondary N) is 3. The van der Waals surface area contributed by atoms with Crippen molar-refractivity contribution in [3.05, 3.63) is 53.1 Å². The molecule has 6 rings (SSSR count). The minimum absolute atomic E-state index is 0.00903. The van der Waals surface area contributed by atoms with Gasteiger partial charge in [-0.2, -0.15) is 0 Å². The molecule has 1 fully saturated rings. The first kappa shape index (κ1) is 18.1. The molecule has 2 bridgehead atoms. The molecule has 6 heteroatoms. The first-order valence-electron chi connectivity index (χ1n) is 10.7. The molecule has 3 atom stereocenters. The number of piperidine rings is 1. The van der Waals surface area contributed by atoms with Gasteiger partial charge >= 0.3 is 0 Å². The Bertz CT molecular complexity index is 1240. The van der Waals surface area contributed by atoms with Crippen LogP contribution >= 0.6 is 11.3 Å². The van der Waals surface area contributed by atoms with E-state index in [1.807, 2.05) is 6.92 Å². The normalized spacial score (nSPS) is 25.8. The van der Waals surface area contributed by atoms with Crippen molar-refractivity contribution in [3.8, 4) is 0 Å². The summed E-state index contributed by atoms with van der Waals surface area (Å²) in [5.74, 6) is 0.667. The van der Waals surface area contributed by atoms with Gasteiger partial charge in [-0.1, -0.05) is 18.2 Å². The van der Waals surface area contributed by atoms with E-state index in [4.69, 9.17) is 4.98 Å². The lowest BCUT2D eigenvalue weighted by Crippen LogP contribution is -2.38. The standard InChI is InChI=1S/C24H24N4OS/c1-13-12-26-22-21-16-5-6-17(15-4-2-3-14-9-10-25-19(15)11-14)28-18(16)7-8-20(21)30-23(22)24(29)27-13/h2-8,13-14,19,25-26H,9-12H2,1H3,(H,27,29)/t13-,14?,19?/m1/s1. The second-order valence-corrected chi connectivity index (χ2v) is 9.61. The van der Waals surface area contributed by atoms with Gasteiger partial charge in [-0.25, -0.2) is 4.98 Å². The van der Waals surface area contributed by atoms with Gasteiger partial charge in [-0.05, 0) is 62.1 Å². The number of fused-ring (bicyclic) bond motifs is 7. The van der Waals surface area contributed by atoms with Crippen molar-refractivity contribution in [2.45, 2.75) is 31.8 Å². The zero-order valence-corrected chi connectivity index (χ0v) is 17.7. The van der Waals surface area contributed by atoms with E-state index < -0.39 is 0 Å². The topological polar surface area (TPSA) is 66.0 Å². The predicted molar refractivity (Wildman–Crippen MR) is 124 cm³/mol. The van der Waals surface area contributed by atoms with Crippen molar-refractivity contribution in [1.82, 2.24) is 15.6 Å². The number of hydrogen-bond acceptors (Lipinski definition) is 5. The highest BCUT2D eigenvalue weighted by molar-refractivity contribution is 7.21. The molecule has 2 aliphatic heterocycles. The van der Waals surface area contributed by atoms with Crippen LogP contribution in [0.5, 0.6) is 0 Å². The fourth-order valence-electron chi connectivity index (χ4n) is 4.94. The Morgan fingerprint density at radius 1 is 1.20 bits per heavy atom. The minimum Gasteiger partial charge on any atom is -0.381 e. The predicted octanol–water partition coefficient (Wildman–Crippen LogP) is 4.31. The number of carbonyl (C=O) groups is 1. The molecule has 1 aliphatic carbocycles. The molecule has 0 radical (unpaired) electrons. The molecule has 3 aromatic rings. The highest BCUT2D eigenvalue weighted by Gasteiger charge is 2.27. The van der Waals surface area contributed by atoms with Crippen LogP contribution in [0.4, 0.5) is 5.69 Å². The number of aromatic nitrogens is 1. The van der Waals surface area contributed by atoms with Gasteiger partial charge in [-0.15, -0.1) is 11.3 Å². The maximum Gasteiger partial charge on any atom is 0.263 e. The summed E-state index contributed by atoms with van der Waals surface area (Å²) in [5.41, 5.74) is 4.23. The number of pyridine rings is 1.